The van der Waals surface area contributed by atoms with Crippen LogP contribution in [0.2, 0.25) is 0 Å². The molecule has 0 atom stereocenters. The van der Waals surface area contributed by atoms with Crippen LogP contribution in [0.15, 0.2) is 88.9 Å². The minimum absolute atomic E-state index is 0.0222. The van der Waals surface area contributed by atoms with Crippen LogP contribution in [0.5, 0.6) is 11.5 Å². The number of para-hydroxylation sites is 1. The fraction of sp³-hybridized carbons (Fsp3) is 0.160. The van der Waals surface area contributed by atoms with Crippen molar-refractivity contribution in [1.29, 1.82) is 0 Å². The van der Waals surface area contributed by atoms with Gasteiger partial charge in [-0.3, -0.25) is 13.9 Å². The maximum Gasteiger partial charge on any atom is 0.308 e. The van der Waals surface area contributed by atoms with Crippen LogP contribution in [0.1, 0.15) is 19.4 Å². The fourth-order valence-corrected chi connectivity index (χ4v) is 4.46. The summed E-state index contributed by atoms with van der Waals surface area (Å²) in [5.74, 6) is -0.125. The molecule has 0 aliphatic rings. The van der Waals surface area contributed by atoms with Gasteiger partial charge in [0.05, 0.1) is 23.4 Å². The van der Waals surface area contributed by atoms with Gasteiger partial charge in [-0.2, -0.15) is 5.10 Å². The lowest BCUT2D eigenvalue weighted by atomic mass is 10.2. The molecule has 0 aromatic heterocycles. The van der Waals surface area contributed by atoms with Crippen molar-refractivity contribution in [3.63, 3.8) is 0 Å². The van der Waals surface area contributed by atoms with E-state index in [1.807, 2.05) is 6.92 Å². The van der Waals surface area contributed by atoms with Gasteiger partial charge in [0, 0.05) is 6.92 Å². The van der Waals surface area contributed by atoms with Crippen molar-refractivity contribution < 1.29 is 27.5 Å². The zero-order valence-corrected chi connectivity index (χ0v) is 20.1. The molecule has 0 saturated heterocycles. The molecule has 0 fully saturated rings. The molecule has 0 bridgehead atoms. The molecule has 35 heavy (non-hydrogen) atoms. The largest absolute Gasteiger partial charge is 0.494 e. The molecule has 0 radical (unpaired) electrons. The Balaban J connectivity index is 1.74. The van der Waals surface area contributed by atoms with E-state index >= 15 is 0 Å². The van der Waals surface area contributed by atoms with Gasteiger partial charge < -0.3 is 9.47 Å². The van der Waals surface area contributed by atoms with Crippen LogP contribution in [0.3, 0.4) is 0 Å². The van der Waals surface area contributed by atoms with Crippen molar-refractivity contribution >= 4 is 33.8 Å². The average molecular weight is 496 g/mol. The van der Waals surface area contributed by atoms with Crippen LogP contribution in [0.25, 0.3) is 0 Å². The van der Waals surface area contributed by atoms with E-state index in [-0.39, 0.29) is 4.90 Å². The highest BCUT2D eigenvalue weighted by Crippen LogP contribution is 2.25. The molecular weight excluding hydrogens is 470 g/mol. The molecule has 3 aromatic carbocycles. The minimum atomic E-state index is -4.05. The van der Waals surface area contributed by atoms with E-state index in [0.29, 0.717) is 29.4 Å². The number of esters is 1. The highest BCUT2D eigenvalue weighted by molar-refractivity contribution is 7.92. The number of sulfonamides is 1. The first kappa shape index (κ1) is 25.4. The molecule has 182 valence electrons. The van der Waals surface area contributed by atoms with Gasteiger partial charge in [0.2, 0.25) is 0 Å². The molecule has 9 nitrogen and oxygen atoms in total. The van der Waals surface area contributed by atoms with E-state index in [0.717, 1.165) is 4.31 Å². The summed E-state index contributed by atoms with van der Waals surface area (Å²) in [7, 11) is -4.05. The second-order valence-electron chi connectivity index (χ2n) is 7.21. The van der Waals surface area contributed by atoms with Crippen LogP contribution in [0, 0.1) is 0 Å². The molecule has 1 N–H and O–H groups in total. The van der Waals surface area contributed by atoms with Crippen LogP contribution in [-0.4, -0.2) is 39.7 Å². The predicted octanol–water partition coefficient (Wildman–Crippen LogP) is 3.36. The number of hydrogen-bond donors (Lipinski definition) is 1. The predicted molar refractivity (Wildman–Crippen MR) is 132 cm³/mol. The smallest absolute Gasteiger partial charge is 0.308 e. The van der Waals surface area contributed by atoms with Crippen LogP contribution in [0.4, 0.5) is 5.69 Å². The Kier molecular flexibility index (Phi) is 8.58. The average Bonchev–Trinajstić information content (AvgIpc) is 2.84. The molecule has 0 saturated carbocycles. The Morgan fingerprint density at radius 1 is 0.943 bits per heavy atom. The molecule has 3 rings (SSSR count). The lowest BCUT2D eigenvalue weighted by Gasteiger charge is -2.23. The van der Waals surface area contributed by atoms with Crippen molar-refractivity contribution in [3.8, 4) is 11.5 Å². The molecule has 1 amide bonds. The molecule has 0 aliphatic carbocycles. The third kappa shape index (κ3) is 7.15. The summed E-state index contributed by atoms with van der Waals surface area (Å²) in [5, 5.41) is 3.90. The van der Waals surface area contributed by atoms with E-state index in [4.69, 9.17) is 9.47 Å². The van der Waals surface area contributed by atoms with Crippen LogP contribution >= 0.6 is 0 Å². The quantitative estimate of drug-likeness (QED) is 0.200. The molecule has 0 spiro atoms. The normalized spacial score (nSPS) is 11.1. The molecular formula is C25H25N3O6S. The second-order valence-corrected chi connectivity index (χ2v) is 9.07. The summed E-state index contributed by atoms with van der Waals surface area (Å²) in [4.78, 5) is 23.6. The van der Waals surface area contributed by atoms with Crippen molar-refractivity contribution in [2.45, 2.75) is 18.7 Å². The second kappa shape index (κ2) is 11.8. The zero-order chi connectivity index (χ0) is 25.3. The number of nitrogens with zero attached hydrogens (tertiary/aromatic N) is 2. The van der Waals surface area contributed by atoms with Crippen molar-refractivity contribution in [1.82, 2.24) is 5.43 Å². The fourth-order valence-electron chi connectivity index (χ4n) is 3.04. The summed E-state index contributed by atoms with van der Waals surface area (Å²) >= 11 is 0. The summed E-state index contributed by atoms with van der Waals surface area (Å²) < 4.78 is 38.1. The lowest BCUT2D eigenvalue weighted by molar-refractivity contribution is -0.131. The maximum absolute atomic E-state index is 13.4. The number of ether oxygens (including phenoxy) is 2. The first-order valence-electron chi connectivity index (χ1n) is 10.7. The number of nitrogens with one attached hydrogen (secondary N) is 1. The number of carbonyl (C=O) groups excluding carboxylic acids is 2. The molecule has 0 unspecified atom stereocenters. The summed E-state index contributed by atoms with van der Waals surface area (Å²) in [6.07, 6.45) is 1.39. The summed E-state index contributed by atoms with van der Waals surface area (Å²) in [6.45, 7) is 3.11. The van der Waals surface area contributed by atoms with Gasteiger partial charge >= 0.3 is 5.97 Å². The van der Waals surface area contributed by atoms with Gasteiger partial charge in [0.15, 0.2) is 0 Å². The van der Waals surface area contributed by atoms with Gasteiger partial charge in [0.25, 0.3) is 15.9 Å². The Morgan fingerprint density at radius 2 is 1.57 bits per heavy atom. The Labute approximate surface area is 204 Å². The maximum atomic E-state index is 13.4. The van der Waals surface area contributed by atoms with Gasteiger partial charge in [-0.25, -0.2) is 13.8 Å². The first-order chi connectivity index (χ1) is 16.8. The van der Waals surface area contributed by atoms with E-state index in [2.05, 4.69) is 10.5 Å². The van der Waals surface area contributed by atoms with E-state index in [1.54, 1.807) is 66.7 Å². The third-order valence-corrected chi connectivity index (χ3v) is 6.39. The third-order valence-electron chi connectivity index (χ3n) is 4.60. The van der Waals surface area contributed by atoms with E-state index in [1.165, 1.54) is 25.3 Å². The van der Waals surface area contributed by atoms with Crippen LogP contribution in [-0.2, 0) is 19.6 Å². The number of hydrazone groups is 1. The number of benzene rings is 3. The SMILES string of the molecule is CCOc1ccc(S(=O)(=O)N(CC(=O)N/N=C\c2ccc(OC(C)=O)cc2)c2ccccc2)cc1. The highest BCUT2D eigenvalue weighted by Gasteiger charge is 2.27. The van der Waals surface area contributed by atoms with E-state index in [9.17, 15) is 18.0 Å². The number of rotatable bonds is 10. The van der Waals surface area contributed by atoms with Gasteiger partial charge in [0.1, 0.15) is 18.0 Å². The molecule has 0 aliphatic heterocycles. The Bertz CT molecular complexity index is 1280. The van der Waals surface area contributed by atoms with E-state index < -0.39 is 28.4 Å². The Morgan fingerprint density at radius 3 is 2.17 bits per heavy atom. The monoisotopic (exact) mass is 495 g/mol. The van der Waals surface area contributed by atoms with Gasteiger partial charge in [-0.05, 0) is 73.2 Å². The molecule has 3 aromatic rings. The minimum Gasteiger partial charge on any atom is -0.494 e. The Hall–Kier alpha value is -4.18. The zero-order valence-electron chi connectivity index (χ0n) is 19.2. The topological polar surface area (TPSA) is 114 Å². The van der Waals surface area contributed by atoms with Gasteiger partial charge in [-0.1, -0.05) is 18.2 Å². The standard InChI is InChI=1S/C25H25N3O6S/c1-3-33-22-13-15-24(16-14-22)35(31,32)28(21-7-5-4-6-8-21)18-25(30)27-26-17-20-9-11-23(12-10-20)34-19(2)29/h4-17H,3,18H2,1-2H3,(H,27,30)/b26-17-. The van der Waals surface area contributed by atoms with Crippen molar-refractivity contribution in [3.05, 3.63) is 84.4 Å². The molecule has 10 heteroatoms. The highest BCUT2D eigenvalue weighted by atomic mass is 32.2. The number of carbonyl (C=O) groups is 2. The van der Waals surface area contributed by atoms with Crippen molar-refractivity contribution in [2.24, 2.45) is 5.10 Å². The number of hydrogen-bond acceptors (Lipinski definition) is 7. The van der Waals surface area contributed by atoms with Crippen LogP contribution < -0.4 is 19.2 Å². The number of amides is 1. The summed E-state index contributed by atoms with van der Waals surface area (Å²) in [5.41, 5.74) is 3.32. The van der Waals surface area contributed by atoms with Gasteiger partial charge in [-0.15, -0.1) is 0 Å². The summed E-state index contributed by atoms with van der Waals surface area (Å²) in [6, 6.07) is 20.8. The lowest BCUT2D eigenvalue weighted by Crippen LogP contribution is -2.39. The first-order valence-corrected chi connectivity index (χ1v) is 12.1. The number of anilines is 1. The molecule has 0 heterocycles. The van der Waals surface area contributed by atoms with Crippen molar-refractivity contribution in [2.75, 3.05) is 17.5 Å².